The van der Waals surface area contributed by atoms with Crippen LogP contribution in [-0.4, -0.2) is 42.3 Å². The number of amides is 2. The molecule has 0 radical (unpaired) electrons. The Morgan fingerprint density at radius 2 is 2.05 bits per heavy atom. The number of nitrogens with two attached hydrogens (primary N) is 1. The van der Waals surface area contributed by atoms with Crippen molar-refractivity contribution in [1.29, 1.82) is 0 Å². The Kier molecular flexibility index (Phi) is 4.37. The van der Waals surface area contributed by atoms with E-state index in [0.717, 1.165) is 5.39 Å². The van der Waals surface area contributed by atoms with Crippen molar-refractivity contribution in [2.75, 3.05) is 26.4 Å². The molecule has 6 nitrogen and oxygen atoms in total. The molecule has 1 aromatic heterocycles. The van der Waals surface area contributed by atoms with E-state index in [1.807, 2.05) is 24.3 Å². The Hall–Kier alpha value is -2.63. The van der Waals surface area contributed by atoms with Gasteiger partial charge in [-0.1, -0.05) is 18.2 Å². The lowest BCUT2D eigenvalue weighted by Gasteiger charge is -2.16. The van der Waals surface area contributed by atoms with Crippen molar-refractivity contribution in [3.05, 3.63) is 36.0 Å². The van der Waals surface area contributed by atoms with E-state index in [1.54, 1.807) is 20.2 Å². The molecular formula is C15H18N4O2. The van der Waals surface area contributed by atoms with E-state index >= 15 is 0 Å². The molecule has 0 aliphatic carbocycles. The fraction of sp³-hybridized carbons (Fsp3) is 0.267. The number of benzene rings is 1. The van der Waals surface area contributed by atoms with E-state index in [2.05, 4.69) is 10.3 Å². The van der Waals surface area contributed by atoms with E-state index in [-0.39, 0.29) is 23.9 Å². The van der Waals surface area contributed by atoms with Crippen LogP contribution in [0.2, 0.25) is 0 Å². The number of fused-ring (bicyclic) bond motifs is 1. The van der Waals surface area contributed by atoms with E-state index in [9.17, 15) is 9.59 Å². The normalized spacial score (nSPS) is 10.4. The summed E-state index contributed by atoms with van der Waals surface area (Å²) in [6.45, 7) is 0.326. The molecule has 2 aromatic rings. The van der Waals surface area contributed by atoms with Crippen molar-refractivity contribution in [2.24, 2.45) is 0 Å². The van der Waals surface area contributed by atoms with Gasteiger partial charge in [0, 0.05) is 38.1 Å². The topological polar surface area (TPSA) is 88.3 Å². The number of rotatable bonds is 4. The van der Waals surface area contributed by atoms with Gasteiger partial charge >= 0.3 is 0 Å². The lowest BCUT2D eigenvalue weighted by molar-refractivity contribution is -0.120. The van der Waals surface area contributed by atoms with Crippen LogP contribution in [0.3, 0.4) is 0 Å². The molecule has 6 heteroatoms. The monoisotopic (exact) mass is 286 g/mol. The van der Waals surface area contributed by atoms with Gasteiger partial charge in [0.05, 0.1) is 5.52 Å². The number of nitrogen functional groups attached to an aromatic ring is 1. The first-order valence-corrected chi connectivity index (χ1v) is 6.64. The lowest BCUT2D eigenvalue weighted by Crippen LogP contribution is -2.31. The third-order valence-electron chi connectivity index (χ3n) is 3.27. The van der Waals surface area contributed by atoms with Crippen molar-refractivity contribution in [3.63, 3.8) is 0 Å². The minimum absolute atomic E-state index is 0.111. The van der Waals surface area contributed by atoms with Crippen molar-refractivity contribution >= 4 is 28.4 Å². The third-order valence-corrected chi connectivity index (χ3v) is 3.27. The van der Waals surface area contributed by atoms with E-state index < -0.39 is 0 Å². The Labute approximate surface area is 122 Å². The minimum Gasteiger partial charge on any atom is -0.398 e. The first kappa shape index (κ1) is 14.8. The number of nitrogens with zero attached hydrogens (tertiary/aromatic N) is 2. The highest BCUT2D eigenvalue weighted by atomic mass is 16.2. The molecule has 1 heterocycles. The van der Waals surface area contributed by atoms with E-state index in [4.69, 9.17) is 5.73 Å². The van der Waals surface area contributed by atoms with Crippen LogP contribution in [0.4, 0.5) is 5.69 Å². The number of hydrogen-bond acceptors (Lipinski definition) is 4. The predicted molar refractivity (Wildman–Crippen MR) is 81.8 cm³/mol. The number of hydrogen-bond donors (Lipinski definition) is 2. The van der Waals surface area contributed by atoms with Crippen LogP contribution < -0.4 is 11.1 Å². The first-order chi connectivity index (χ1) is 10.0. The number of nitrogens with one attached hydrogen (secondary N) is 1. The fourth-order valence-electron chi connectivity index (χ4n) is 2.00. The third kappa shape index (κ3) is 3.28. The van der Waals surface area contributed by atoms with Gasteiger partial charge < -0.3 is 16.0 Å². The molecule has 0 aliphatic heterocycles. The maximum Gasteiger partial charge on any atom is 0.272 e. The number of carbonyl (C=O) groups is 2. The van der Waals surface area contributed by atoms with Gasteiger partial charge in [-0.05, 0) is 12.1 Å². The first-order valence-electron chi connectivity index (χ1n) is 6.64. The highest BCUT2D eigenvalue weighted by Crippen LogP contribution is 2.20. The Morgan fingerprint density at radius 1 is 1.33 bits per heavy atom. The maximum atomic E-state index is 12.3. The molecule has 3 N–H and O–H groups in total. The molecule has 1 aromatic carbocycles. The van der Waals surface area contributed by atoms with Gasteiger partial charge in [-0.15, -0.1) is 0 Å². The summed E-state index contributed by atoms with van der Waals surface area (Å²) in [5, 5.41) is 3.34. The van der Waals surface area contributed by atoms with E-state index in [1.165, 1.54) is 4.90 Å². The minimum atomic E-state index is -0.253. The molecule has 2 amide bonds. The van der Waals surface area contributed by atoms with Crippen molar-refractivity contribution < 1.29 is 9.59 Å². The summed E-state index contributed by atoms with van der Waals surface area (Å²) in [6, 6.07) is 8.96. The zero-order valence-corrected chi connectivity index (χ0v) is 12.1. The van der Waals surface area contributed by atoms with Gasteiger partial charge in [0.1, 0.15) is 5.69 Å². The molecule has 0 spiro atoms. The van der Waals surface area contributed by atoms with Gasteiger partial charge in [-0.3, -0.25) is 9.59 Å². The SMILES string of the molecule is CNC(=O)CCN(C)C(=O)c1cc(N)c2ccccc2n1. The Balaban J connectivity index is 2.21. The lowest BCUT2D eigenvalue weighted by atomic mass is 10.1. The number of pyridine rings is 1. The number of carbonyl (C=O) groups excluding carboxylic acids is 2. The summed E-state index contributed by atoms with van der Waals surface area (Å²) in [5.41, 5.74) is 7.45. The van der Waals surface area contributed by atoms with Gasteiger partial charge in [0.2, 0.25) is 5.91 Å². The molecule has 0 fully saturated rings. The second-order valence-electron chi connectivity index (χ2n) is 4.76. The summed E-state index contributed by atoms with van der Waals surface area (Å²) >= 11 is 0. The maximum absolute atomic E-state index is 12.3. The molecule has 0 bridgehead atoms. The average molecular weight is 286 g/mol. The van der Waals surface area contributed by atoms with Crippen molar-refractivity contribution in [2.45, 2.75) is 6.42 Å². The van der Waals surface area contributed by atoms with Crippen LogP contribution in [0, 0.1) is 0 Å². The summed E-state index contributed by atoms with van der Waals surface area (Å²) in [6.07, 6.45) is 0.252. The summed E-state index contributed by atoms with van der Waals surface area (Å²) < 4.78 is 0. The molecule has 0 saturated carbocycles. The van der Waals surface area contributed by atoms with Crippen LogP contribution in [0.1, 0.15) is 16.9 Å². The van der Waals surface area contributed by atoms with Crippen LogP contribution in [-0.2, 0) is 4.79 Å². The largest absolute Gasteiger partial charge is 0.398 e. The number of para-hydroxylation sites is 1. The zero-order valence-electron chi connectivity index (χ0n) is 12.1. The Morgan fingerprint density at radius 3 is 2.76 bits per heavy atom. The quantitative estimate of drug-likeness (QED) is 0.878. The Bertz CT molecular complexity index is 684. The molecule has 2 rings (SSSR count). The fourth-order valence-corrected chi connectivity index (χ4v) is 2.00. The summed E-state index contributed by atoms with van der Waals surface area (Å²) in [7, 11) is 3.20. The smallest absolute Gasteiger partial charge is 0.272 e. The van der Waals surface area contributed by atoms with Crippen molar-refractivity contribution in [3.8, 4) is 0 Å². The van der Waals surface area contributed by atoms with Gasteiger partial charge in [0.15, 0.2) is 0 Å². The molecule has 110 valence electrons. The van der Waals surface area contributed by atoms with E-state index in [0.29, 0.717) is 17.7 Å². The highest BCUT2D eigenvalue weighted by molar-refractivity contribution is 5.99. The molecule has 21 heavy (non-hydrogen) atoms. The second kappa shape index (κ2) is 6.21. The molecule has 0 atom stereocenters. The van der Waals surface area contributed by atoms with Crippen LogP contribution >= 0.6 is 0 Å². The predicted octanol–water partition coefficient (Wildman–Crippen LogP) is 1.03. The summed E-state index contributed by atoms with van der Waals surface area (Å²) in [5.74, 6) is -0.364. The number of aromatic nitrogens is 1. The van der Waals surface area contributed by atoms with Crippen molar-refractivity contribution in [1.82, 2.24) is 15.2 Å². The zero-order chi connectivity index (χ0) is 15.4. The summed E-state index contributed by atoms with van der Waals surface area (Å²) in [4.78, 5) is 29.3. The van der Waals surface area contributed by atoms with Gasteiger partial charge in [-0.2, -0.15) is 0 Å². The highest BCUT2D eigenvalue weighted by Gasteiger charge is 2.15. The molecular weight excluding hydrogens is 268 g/mol. The van der Waals surface area contributed by atoms with Crippen LogP contribution in [0.15, 0.2) is 30.3 Å². The molecule has 0 aliphatic rings. The van der Waals surface area contributed by atoms with Crippen LogP contribution in [0.5, 0.6) is 0 Å². The average Bonchev–Trinajstić information content (AvgIpc) is 2.51. The molecule has 0 unspecified atom stereocenters. The van der Waals surface area contributed by atoms with Gasteiger partial charge in [0.25, 0.3) is 5.91 Å². The van der Waals surface area contributed by atoms with Crippen LogP contribution in [0.25, 0.3) is 10.9 Å². The number of anilines is 1. The van der Waals surface area contributed by atoms with Gasteiger partial charge in [-0.25, -0.2) is 4.98 Å². The second-order valence-corrected chi connectivity index (χ2v) is 4.76. The molecule has 0 saturated heterocycles. The standard InChI is InChI=1S/C15H18N4O2/c1-17-14(20)7-8-19(2)15(21)13-9-11(16)10-5-3-4-6-12(10)18-13/h3-6,9H,7-8H2,1-2H3,(H2,16,18)(H,17,20).